The molecule has 0 radical (unpaired) electrons. The fourth-order valence-corrected chi connectivity index (χ4v) is 2.23. The second-order valence-electron chi connectivity index (χ2n) is 4.74. The van der Waals surface area contributed by atoms with E-state index in [0.717, 1.165) is 24.4 Å². The van der Waals surface area contributed by atoms with Crippen molar-refractivity contribution in [3.8, 4) is 5.75 Å². The van der Waals surface area contributed by atoms with Crippen molar-refractivity contribution in [2.24, 2.45) is 0 Å². The molecule has 0 bridgehead atoms. The van der Waals surface area contributed by atoms with Crippen LogP contribution < -0.4 is 15.4 Å². The van der Waals surface area contributed by atoms with Crippen LogP contribution in [0.3, 0.4) is 0 Å². The van der Waals surface area contributed by atoms with Gasteiger partial charge in [-0.3, -0.25) is 4.79 Å². The van der Waals surface area contributed by atoms with Crippen LogP contribution in [0.1, 0.15) is 26.7 Å². The Hall–Kier alpha value is -1.71. The predicted octanol–water partition coefficient (Wildman–Crippen LogP) is 2.23. The second-order valence-corrected chi connectivity index (χ2v) is 4.74. The summed E-state index contributed by atoms with van der Waals surface area (Å²) in [6.07, 6.45) is 1.67. The molecule has 0 fully saturated rings. The number of carbonyl (C=O) groups excluding carboxylic acids is 1. The molecule has 0 saturated heterocycles. The molecule has 4 heteroatoms. The average molecular weight is 248 g/mol. The van der Waals surface area contributed by atoms with Gasteiger partial charge in [0.2, 0.25) is 0 Å². The zero-order chi connectivity index (χ0) is 13.1. The van der Waals surface area contributed by atoms with Gasteiger partial charge in [0.1, 0.15) is 23.3 Å². The Morgan fingerprint density at radius 2 is 2.33 bits per heavy atom. The molecule has 1 atom stereocenters. The number of benzene rings is 1. The first-order valence-electron chi connectivity index (χ1n) is 6.41. The van der Waals surface area contributed by atoms with Gasteiger partial charge in [0.15, 0.2) is 0 Å². The standard InChI is InChI=1S/C14H20N2O2/c1-3-11-9-16(8-7-10(2)17)14-12(15)5-4-6-13(14)18-11/h4-6,11H,3,7-9,15H2,1-2H3. The SMILES string of the molecule is CCC1CN(CCC(C)=O)c2c(N)cccc2O1. The van der Waals surface area contributed by atoms with Gasteiger partial charge in [-0.15, -0.1) is 0 Å². The molecular formula is C14H20N2O2. The minimum atomic E-state index is 0.172. The van der Waals surface area contributed by atoms with Crippen LogP contribution in [0.4, 0.5) is 11.4 Å². The number of fused-ring (bicyclic) bond motifs is 1. The van der Waals surface area contributed by atoms with Crippen LogP contribution in [0, 0.1) is 0 Å². The van der Waals surface area contributed by atoms with E-state index in [1.165, 1.54) is 0 Å². The zero-order valence-corrected chi connectivity index (χ0v) is 11.0. The third kappa shape index (κ3) is 2.58. The number of para-hydroxylation sites is 1. The molecule has 0 spiro atoms. The van der Waals surface area contributed by atoms with E-state index in [-0.39, 0.29) is 11.9 Å². The highest BCUT2D eigenvalue weighted by molar-refractivity contribution is 5.78. The van der Waals surface area contributed by atoms with Gasteiger partial charge in [0, 0.05) is 13.0 Å². The maximum Gasteiger partial charge on any atom is 0.145 e. The van der Waals surface area contributed by atoms with E-state index in [1.54, 1.807) is 6.92 Å². The molecule has 1 aromatic carbocycles. The summed E-state index contributed by atoms with van der Waals surface area (Å²) >= 11 is 0. The lowest BCUT2D eigenvalue weighted by atomic mass is 10.1. The number of anilines is 2. The molecule has 1 aliphatic rings. The number of rotatable bonds is 4. The van der Waals surface area contributed by atoms with Gasteiger partial charge in [-0.1, -0.05) is 13.0 Å². The molecule has 1 aliphatic heterocycles. The van der Waals surface area contributed by atoms with Crippen LogP contribution in [0.25, 0.3) is 0 Å². The molecule has 98 valence electrons. The van der Waals surface area contributed by atoms with E-state index >= 15 is 0 Å². The van der Waals surface area contributed by atoms with Gasteiger partial charge in [-0.2, -0.15) is 0 Å². The minimum Gasteiger partial charge on any atom is -0.486 e. The summed E-state index contributed by atoms with van der Waals surface area (Å²) in [5.41, 5.74) is 7.67. The third-order valence-corrected chi connectivity index (χ3v) is 3.25. The summed E-state index contributed by atoms with van der Waals surface area (Å²) in [6, 6.07) is 5.71. The van der Waals surface area contributed by atoms with E-state index in [0.29, 0.717) is 18.7 Å². The number of nitrogen functional groups attached to an aromatic ring is 1. The quantitative estimate of drug-likeness (QED) is 0.830. The van der Waals surface area contributed by atoms with Gasteiger partial charge in [-0.05, 0) is 25.5 Å². The molecule has 1 heterocycles. The van der Waals surface area contributed by atoms with Crippen molar-refractivity contribution in [2.45, 2.75) is 32.8 Å². The molecule has 0 aromatic heterocycles. The molecule has 2 N–H and O–H groups in total. The van der Waals surface area contributed by atoms with Crippen LogP contribution in [0.2, 0.25) is 0 Å². The Bertz CT molecular complexity index is 445. The first kappa shape index (κ1) is 12.7. The second kappa shape index (κ2) is 5.29. The lowest BCUT2D eigenvalue weighted by molar-refractivity contribution is -0.116. The largest absolute Gasteiger partial charge is 0.486 e. The van der Waals surface area contributed by atoms with Gasteiger partial charge in [0.05, 0.1) is 12.2 Å². The smallest absolute Gasteiger partial charge is 0.145 e. The predicted molar refractivity (Wildman–Crippen MR) is 73.1 cm³/mol. The van der Waals surface area contributed by atoms with Crippen LogP contribution >= 0.6 is 0 Å². The molecule has 1 aromatic rings. The molecule has 2 rings (SSSR count). The van der Waals surface area contributed by atoms with Crippen LogP contribution in [-0.4, -0.2) is 25.0 Å². The Morgan fingerprint density at radius 1 is 1.56 bits per heavy atom. The molecular weight excluding hydrogens is 228 g/mol. The van der Waals surface area contributed by atoms with Crippen molar-refractivity contribution < 1.29 is 9.53 Å². The molecule has 0 saturated carbocycles. The fraction of sp³-hybridized carbons (Fsp3) is 0.500. The highest BCUT2D eigenvalue weighted by atomic mass is 16.5. The Kier molecular flexibility index (Phi) is 3.75. The number of hydrogen-bond donors (Lipinski definition) is 1. The van der Waals surface area contributed by atoms with E-state index in [9.17, 15) is 4.79 Å². The topological polar surface area (TPSA) is 55.6 Å². The maximum atomic E-state index is 11.1. The summed E-state index contributed by atoms with van der Waals surface area (Å²) in [6.45, 7) is 5.22. The van der Waals surface area contributed by atoms with Crippen LogP contribution in [0.15, 0.2) is 18.2 Å². The molecule has 18 heavy (non-hydrogen) atoms. The summed E-state index contributed by atoms with van der Waals surface area (Å²) in [7, 11) is 0. The number of ether oxygens (including phenoxy) is 1. The minimum absolute atomic E-state index is 0.172. The number of ketones is 1. The highest BCUT2D eigenvalue weighted by Gasteiger charge is 2.26. The Morgan fingerprint density at radius 3 is 3.00 bits per heavy atom. The van der Waals surface area contributed by atoms with E-state index in [1.807, 2.05) is 18.2 Å². The summed E-state index contributed by atoms with van der Waals surface area (Å²) in [5, 5.41) is 0. The van der Waals surface area contributed by atoms with E-state index < -0.39 is 0 Å². The van der Waals surface area contributed by atoms with Crippen molar-refractivity contribution in [3.63, 3.8) is 0 Å². The Labute approximate surface area is 108 Å². The zero-order valence-electron chi connectivity index (χ0n) is 11.0. The normalized spacial score (nSPS) is 18.1. The summed E-state index contributed by atoms with van der Waals surface area (Å²) in [5.74, 6) is 1.03. The molecule has 1 unspecified atom stereocenters. The van der Waals surface area contributed by atoms with E-state index in [4.69, 9.17) is 10.5 Å². The monoisotopic (exact) mass is 248 g/mol. The highest BCUT2D eigenvalue weighted by Crippen LogP contribution is 2.38. The fourth-order valence-electron chi connectivity index (χ4n) is 2.23. The van der Waals surface area contributed by atoms with Crippen molar-refractivity contribution in [1.82, 2.24) is 0 Å². The molecule has 0 aliphatic carbocycles. The van der Waals surface area contributed by atoms with Gasteiger partial charge < -0.3 is 15.4 Å². The number of nitrogens with zero attached hydrogens (tertiary/aromatic N) is 1. The van der Waals surface area contributed by atoms with Gasteiger partial charge >= 0.3 is 0 Å². The van der Waals surface area contributed by atoms with Crippen molar-refractivity contribution in [1.29, 1.82) is 0 Å². The van der Waals surface area contributed by atoms with Crippen molar-refractivity contribution >= 4 is 17.2 Å². The summed E-state index contributed by atoms with van der Waals surface area (Å²) < 4.78 is 5.89. The molecule has 0 amide bonds. The van der Waals surface area contributed by atoms with E-state index in [2.05, 4.69) is 11.8 Å². The van der Waals surface area contributed by atoms with Gasteiger partial charge in [-0.25, -0.2) is 0 Å². The maximum absolute atomic E-state index is 11.1. The summed E-state index contributed by atoms with van der Waals surface area (Å²) in [4.78, 5) is 13.3. The first-order valence-corrected chi connectivity index (χ1v) is 6.41. The lowest BCUT2D eigenvalue weighted by Gasteiger charge is -2.36. The lowest BCUT2D eigenvalue weighted by Crippen LogP contribution is -2.41. The number of hydrogen-bond acceptors (Lipinski definition) is 4. The molecule has 4 nitrogen and oxygen atoms in total. The third-order valence-electron chi connectivity index (χ3n) is 3.25. The number of Topliss-reactive ketones (excluding diaryl/α,β-unsaturated/α-hetero) is 1. The Balaban J connectivity index is 2.26. The average Bonchev–Trinajstić information content (AvgIpc) is 2.35. The first-order chi connectivity index (χ1) is 8.61. The van der Waals surface area contributed by atoms with Crippen LogP contribution in [0.5, 0.6) is 5.75 Å². The van der Waals surface area contributed by atoms with Crippen molar-refractivity contribution in [3.05, 3.63) is 18.2 Å². The van der Waals surface area contributed by atoms with Crippen molar-refractivity contribution in [2.75, 3.05) is 23.7 Å². The number of carbonyl (C=O) groups is 1. The number of nitrogens with two attached hydrogens (primary N) is 1. The van der Waals surface area contributed by atoms with Gasteiger partial charge in [0.25, 0.3) is 0 Å². The van der Waals surface area contributed by atoms with Crippen LogP contribution in [-0.2, 0) is 4.79 Å².